The van der Waals surface area contributed by atoms with Gasteiger partial charge in [-0.05, 0) is 49.6 Å². The molecule has 1 saturated heterocycles. The molecule has 1 amide bonds. The summed E-state index contributed by atoms with van der Waals surface area (Å²) >= 11 is 0. The lowest BCUT2D eigenvalue weighted by Crippen LogP contribution is -2.50. The maximum atomic E-state index is 13.4. The van der Waals surface area contributed by atoms with E-state index in [-0.39, 0.29) is 11.7 Å². The van der Waals surface area contributed by atoms with Crippen molar-refractivity contribution in [2.24, 2.45) is 5.92 Å². The van der Waals surface area contributed by atoms with Gasteiger partial charge in [0.25, 0.3) is 5.91 Å². The van der Waals surface area contributed by atoms with Crippen LogP contribution in [0, 0.1) is 18.7 Å². The number of benzene rings is 1. The Hall–Kier alpha value is -1.42. The molecule has 20 heavy (non-hydrogen) atoms. The van der Waals surface area contributed by atoms with Gasteiger partial charge in [-0.25, -0.2) is 4.39 Å². The van der Waals surface area contributed by atoms with Crippen molar-refractivity contribution in [2.75, 3.05) is 19.6 Å². The van der Waals surface area contributed by atoms with Gasteiger partial charge < -0.3 is 10.2 Å². The van der Waals surface area contributed by atoms with Crippen molar-refractivity contribution in [3.63, 3.8) is 0 Å². The van der Waals surface area contributed by atoms with Gasteiger partial charge in [0.2, 0.25) is 0 Å². The van der Waals surface area contributed by atoms with E-state index in [4.69, 9.17) is 0 Å². The highest BCUT2D eigenvalue weighted by atomic mass is 19.1. The minimum absolute atomic E-state index is 0.0607. The number of piperidine rings is 1. The quantitative estimate of drug-likeness (QED) is 0.921. The Labute approximate surface area is 120 Å². The molecule has 2 rings (SSSR count). The van der Waals surface area contributed by atoms with E-state index in [1.54, 1.807) is 13.0 Å². The lowest BCUT2D eigenvalue weighted by Gasteiger charge is -2.37. The van der Waals surface area contributed by atoms with Crippen LogP contribution in [0.25, 0.3) is 0 Å². The molecule has 1 fully saturated rings. The predicted octanol–water partition coefficient (Wildman–Crippen LogP) is 2.59. The lowest BCUT2D eigenvalue weighted by atomic mass is 9.93. The fraction of sp³-hybridized carbons (Fsp3) is 0.562. The first kappa shape index (κ1) is 15.0. The van der Waals surface area contributed by atoms with Gasteiger partial charge in [-0.15, -0.1) is 0 Å². The molecule has 0 radical (unpaired) electrons. The van der Waals surface area contributed by atoms with Crippen LogP contribution in [-0.4, -0.2) is 36.5 Å². The second-order valence-electron chi connectivity index (χ2n) is 5.70. The van der Waals surface area contributed by atoms with Crippen LogP contribution >= 0.6 is 0 Å². The zero-order chi connectivity index (χ0) is 14.7. The van der Waals surface area contributed by atoms with Gasteiger partial charge in [0.15, 0.2) is 0 Å². The third-order valence-electron chi connectivity index (χ3n) is 3.95. The molecule has 0 aliphatic carbocycles. The van der Waals surface area contributed by atoms with Gasteiger partial charge in [-0.1, -0.05) is 13.8 Å². The normalized spacial score (nSPS) is 22.9. The zero-order valence-electron chi connectivity index (χ0n) is 12.4. The standard InChI is InChI=1S/C16H23FN2O/c1-4-18-15-5-6-19(10-12(15)3)16(20)13-7-11(2)8-14(17)9-13/h7-9,12,15,18H,4-6,10H2,1-3H3. The van der Waals surface area contributed by atoms with E-state index in [0.717, 1.165) is 31.6 Å². The lowest BCUT2D eigenvalue weighted by molar-refractivity contribution is 0.0645. The molecule has 1 N–H and O–H groups in total. The number of nitrogens with one attached hydrogen (secondary N) is 1. The summed E-state index contributed by atoms with van der Waals surface area (Å²) in [6, 6.07) is 5.00. The Morgan fingerprint density at radius 3 is 2.80 bits per heavy atom. The average Bonchev–Trinajstić information content (AvgIpc) is 2.39. The monoisotopic (exact) mass is 278 g/mol. The maximum absolute atomic E-state index is 13.4. The molecule has 110 valence electrons. The molecule has 0 spiro atoms. The summed E-state index contributed by atoms with van der Waals surface area (Å²) < 4.78 is 13.4. The van der Waals surface area contributed by atoms with Crippen LogP contribution in [0.3, 0.4) is 0 Å². The second-order valence-corrected chi connectivity index (χ2v) is 5.70. The minimum atomic E-state index is -0.344. The second kappa shape index (κ2) is 6.35. The van der Waals surface area contributed by atoms with Crippen molar-refractivity contribution < 1.29 is 9.18 Å². The molecule has 1 aromatic carbocycles. The highest BCUT2D eigenvalue weighted by Crippen LogP contribution is 2.20. The van der Waals surface area contributed by atoms with Gasteiger partial charge in [0.1, 0.15) is 5.82 Å². The Morgan fingerprint density at radius 1 is 1.45 bits per heavy atom. The van der Waals surface area contributed by atoms with Crippen LogP contribution in [0.2, 0.25) is 0 Å². The number of nitrogens with zero attached hydrogens (tertiary/aromatic N) is 1. The molecule has 1 heterocycles. The molecule has 1 aliphatic rings. The third kappa shape index (κ3) is 3.37. The molecule has 0 bridgehead atoms. The number of carbonyl (C=O) groups excluding carboxylic acids is 1. The van der Waals surface area contributed by atoms with Crippen LogP contribution in [-0.2, 0) is 0 Å². The number of carbonyl (C=O) groups is 1. The Bertz CT molecular complexity index is 469. The summed E-state index contributed by atoms with van der Waals surface area (Å²) in [6.45, 7) is 8.47. The molecule has 4 heteroatoms. The Kier molecular flexibility index (Phi) is 4.76. The third-order valence-corrected chi connectivity index (χ3v) is 3.95. The molecule has 2 unspecified atom stereocenters. The molecule has 0 saturated carbocycles. The number of rotatable bonds is 3. The Morgan fingerprint density at radius 2 is 2.20 bits per heavy atom. The SMILES string of the molecule is CCNC1CCN(C(=O)c2cc(C)cc(F)c2)CC1C. The van der Waals surface area contributed by atoms with Crippen LogP contribution in [0.5, 0.6) is 0 Å². The maximum Gasteiger partial charge on any atom is 0.253 e. The molecular formula is C16H23FN2O. The van der Waals surface area contributed by atoms with E-state index < -0.39 is 0 Å². The van der Waals surface area contributed by atoms with E-state index in [1.807, 2.05) is 4.90 Å². The smallest absolute Gasteiger partial charge is 0.253 e. The van der Waals surface area contributed by atoms with Crippen molar-refractivity contribution in [2.45, 2.75) is 33.2 Å². The van der Waals surface area contributed by atoms with Gasteiger partial charge in [0.05, 0.1) is 0 Å². The van der Waals surface area contributed by atoms with Gasteiger partial charge in [0, 0.05) is 24.7 Å². The highest BCUT2D eigenvalue weighted by molar-refractivity contribution is 5.94. The average molecular weight is 278 g/mol. The topological polar surface area (TPSA) is 32.3 Å². The number of aryl methyl sites for hydroxylation is 1. The number of hydrogen-bond acceptors (Lipinski definition) is 2. The van der Waals surface area contributed by atoms with Crippen molar-refractivity contribution in [1.29, 1.82) is 0 Å². The number of halogens is 1. The first-order valence-electron chi connectivity index (χ1n) is 7.31. The first-order chi connectivity index (χ1) is 9.51. The van der Waals surface area contributed by atoms with Crippen LogP contribution in [0.4, 0.5) is 4.39 Å². The Balaban J connectivity index is 2.07. The largest absolute Gasteiger partial charge is 0.338 e. The van der Waals surface area contributed by atoms with E-state index in [1.165, 1.54) is 12.1 Å². The molecule has 1 aliphatic heterocycles. The van der Waals surface area contributed by atoms with Crippen molar-refractivity contribution >= 4 is 5.91 Å². The van der Waals surface area contributed by atoms with Gasteiger partial charge in [-0.2, -0.15) is 0 Å². The number of amides is 1. The number of hydrogen-bond donors (Lipinski definition) is 1. The summed E-state index contributed by atoms with van der Waals surface area (Å²) in [5, 5.41) is 3.45. The van der Waals surface area contributed by atoms with E-state index in [2.05, 4.69) is 19.2 Å². The molecule has 0 aromatic heterocycles. The van der Waals surface area contributed by atoms with E-state index in [9.17, 15) is 9.18 Å². The van der Waals surface area contributed by atoms with Crippen LogP contribution in [0.15, 0.2) is 18.2 Å². The highest BCUT2D eigenvalue weighted by Gasteiger charge is 2.28. The molecule has 2 atom stereocenters. The predicted molar refractivity (Wildman–Crippen MR) is 78.3 cm³/mol. The fourth-order valence-electron chi connectivity index (χ4n) is 2.94. The van der Waals surface area contributed by atoms with Crippen molar-refractivity contribution in [3.8, 4) is 0 Å². The number of likely N-dealkylation sites (tertiary alicyclic amines) is 1. The molecular weight excluding hydrogens is 255 g/mol. The first-order valence-corrected chi connectivity index (χ1v) is 7.31. The summed E-state index contributed by atoms with van der Waals surface area (Å²) in [5.74, 6) is 0.0145. The summed E-state index contributed by atoms with van der Waals surface area (Å²) in [4.78, 5) is 14.3. The van der Waals surface area contributed by atoms with Crippen LogP contribution < -0.4 is 5.32 Å². The zero-order valence-corrected chi connectivity index (χ0v) is 12.4. The summed E-state index contributed by atoms with van der Waals surface area (Å²) in [6.07, 6.45) is 0.953. The fourth-order valence-corrected chi connectivity index (χ4v) is 2.94. The molecule has 3 nitrogen and oxygen atoms in total. The minimum Gasteiger partial charge on any atom is -0.338 e. The van der Waals surface area contributed by atoms with Gasteiger partial charge >= 0.3 is 0 Å². The molecule has 1 aromatic rings. The van der Waals surface area contributed by atoms with E-state index in [0.29, 0.717) is 17.5 Å². The van der Waals surface area contributed by atoms with Crippen molar-refractivity contribution in [3.05, 3.63) is 35.1 Å². The van der Waals surface area contributed by atoms with E-state index >= 15 is 0 Å². The van der Waals surface area contributed by atoms with Crippen LogP contribution in [0.1, 0.15) is 36.2 Å². The van der Waals surface area contributed by atoms with Gasteiger partial charge in [-0.3, -0.25) is 4.79 Å². The summed E-state index contributed by atoms with van der Waals surface area (Å²) in [7, 11) is 0. The van der Waals surface area contributed by atoms with Crippen molar-refractivity contribution in [1.82, 2.24) is 10.2 Å². The summed E-state index contributed by atoms with van der Waals surface area (Å²) in [5.41, 5.74) is 1.24.